The zero-order valence-electron chi connectivity index (χ0n) is 27.8. The molecule has 0 N–H and O–H groups in total. The van der Waals surface area contributed by atoms with E-state index < -0.39 is 42.5 Å². The van der Waals surface area contributed by atoms with Gasteiger partial charge in [-0.1, -0.05) is 0 Å². The van der Waals surface area contributed by atoms with Crippen molar-refractivity contribution in [2.24, 2.45) is 0 Å². The maximum absolute atomic E-state index is 5.73. The predicted octanol–water partition coefficient (Wildman–Crippen LogP) is 4.08. The quantitative estimate of drug-likeness (QED) is 0.0876. The molecule has 0 fully saturated rings. The maximum Gasteiger partial charge on any atom is 0.500 e. The number of hydrogen-bond acceptors (Lipinski definition) is 12. The molecule has 0 saturated carbocycles. The molecule has 0 heterocycles. The molecule has 0 rings (SSSR count). The van der Waals surface area contributed by atoms with Gasteiger partial charge in [0.1, 0.15) is 0 Å². The van der Waals surface area contributed by atoms with Crippen LogP contribution in [0.15, 0.2) is 0 Å². The van der Waals surface area contributed by atoms with Crippen molar-refractivity contribution in [3.05, 3.63) is 0 Å². The van der Waals surface area contributed by atoms with Crippen LogP contribution < -0.4 is 0 Å². The molecule has 0 amide bonds. The molecule has 17 heteroatoms. The molecular weight excluding hydrogens is 624 g/mol. The first kappa shape index (κ1) is 41.8. The highest BCUT2D eigenvalue weighted by atomic mass is 31.2. The highest BCUT2D eigenvalue weighted by Gasteiger charge is 2.46. The monoisotopic (exact) mass is 683 g/mol. The zero-order chi connectivity index (χ0) is 31.5. The van der Waals surface area contributed by atoms with Gasteiger partial charge in [0.25, 0.3) is 0 Å². The number of rotatable bonds is 28. The molecule has 0 unspecified atom stereocenters. The Balaban J connectivity index is 6.15. The lowest BCUT2D eigenvalue weighted by molar-refractivity contribution is 0.123. The van der Waals surface area contributed by atoms with Crippen LogP contribution in [0.4, 0.5) is 0 Å². The molecule has 0 aliphatic carbocycles. The summed E-state index contributed by atoms with van der Waals surface area (Å²) < 4.78 is 68.8. The van der Waals surface area contributed by atoms with E-state index in [0.29, 0.717) is 0 Å². The maximum atomic E-state index is 5.73. The van der Waals surface area contributed by atoms with Gasteiger partial charge in [0.2, 0.25) is 0 Å². The molecule has 12 nitrogen and oxygen atoms in total. The highest BCUT2D eigenvalue weighted by Crippen LogP contribution is 2.62. The predicted molar refractivity (Wildman–Crippen MR) is 171 cm³/mol. The van der Waals surface area contributed by atoms with Gasteiger partial charge >= 0.3 is 35.2 Å². The fraction of sp³-hybridized carbons (Fsp3) is 1.00. The van der Waals surface area contributed by atoms with Gasteiger partial charge in [-0.3, -0.25) is 0 Å². The van der Waals surface area contributed by atoms with Gasteiger partial charge in [0, 0.05) is 117 Å². The van der Waals surface area contributed by atoms with Crippen LogP contribution in [0.25, 0.3) is 0 Å². The van der Waals surface area contributed by atoms with E-state index in [1.165, 1.54) is 0 Å². The number of hydrogen-bond donors (Lipinski definition) is 0. The average molecular weight is 684 g/mol. The van der Waals surface area contributed by atoms with E-state index in [9.17, 15) is 0 Å². The average Bonchev–Trinajstić information content (AvgIpc) is 3.03. The molecule has 41 heavy (non-hydrogen) atoms. The molecule has 0 spiro atoms. The Morgan fingerprint density at radius 3 is 0.561 bits per heavy atom. The second-order valence-corrected chi connectivity index (χ2v) is 26.7. The van der Waals surface area contributed by atoms with Crippen molar-refractivity contribution < 1.29 is 53.1 Å². The second kappa shape index (κ2) is 21.5. The summed E-state index contributed by atoms with van der Waals surface area (Å²) >= 11 is 0. The van der Waals surface area contributed by atoms with Crippen LogP contribution in [0.2, 0.25) is 24.2 Å². The van der Waals surface area contributed by atoms with Gasteiger partial charge < -0.3 is 53.1 Å². The fourth-order valence-corrected chi connectivity index (χ4v) is 18.2. The molecule has 0 aliphatic rings. The van der Waals surface area contributed by atoms with E-state index >= 15 is 0 Å². The normalized spacial score (nSPS) is 13.8. The molecule has 0 saturated heterocycles. The van der Waals surface area contributed by atoms with Gasteiger partial charge in [0.05, 0.1) is 24.6 Å². The minimum absolute atomic E-state index is 0.755. The van der Waals surface area contributed by atoms with E-state index in [-0.39, 0.29) is 0 Å². The molecule has 0 aromatic carbocycles. The summed E-state index contributed by atoms with van der Waals surface area (Å²) in [7, 11) is 7.69. The van der Waals surface area contributed by atoms with Crippen LogP contribution in [0.1, 0.15) is 25.7 Å². The summed E-state index contributed by atoms with van der Waals surface area (Å²) in [4.78, 5) is 0. The van der Waals surface area contributed by atoms with Crippen molar-refractivity contribution in [3.63, 3.8) is 0 Å². The molecular formula is C24H60O12PSi4+. The lowest BCUT2D eigenvalue weighted by Crippen LogP contribution is -2.44. The van der Waals surface area contributed by atoms with Crippen LogP contribution in [0.3, 0.4) is 0 Å². The molecule has 0 aromatic rings. The van der Waals surface area contributed by atoms with Gasteiger partial charge in [-0.15, -0.1) is 0 Å². The summed E-state index contributed by atoms with van der Waals surface area (Å²) in [5.74, 6) is 0. The lowest BCUT2D eigenvalue weighted by Gasteiger charge is -2.33. The van der Waals surface area contributed by atoms with Crippen LogP contribution >= 0.6 is 7.26 Å². The fourth-order valence-electron chi connectivity index (χ4n) is 5.42. The largest absolute Gasteiger partial charge is 0.500 e. The molecule has 0 bridgehead atoms. The topological polar surface area (TPSA) is 111 Å². The third kappa shape index (κ3) is 13.0. The van der Waals surface area contributed by atoms with Crippen LogP contribution in [-0.4, -0.2) is 145 Å². The summed E-state index contributed by atoms with van der Waals surface area (Å²) in [6.45, 7) is 0. The molecule has 0 aliphatic heterocycles. The van der Waals surface area contributed by atoms with Gasteiger partial charge in [-0.05, 0) is 25.7 Å². The summed E-state index contributed by atoms with van der Waals surface area (Å²) in [5.41, 5.74) is 0. The lowest BCUT2D eigenvalue weighted by atomic mass is 10.5. The Kier molecular flexibility index (Phi) is 22.0. The van der Waals surface area contributed by atoms with Crippen molar-refractivity contribution in [2.45, 2.75) is 49.9 Å². The van der Waals surface area contributed by atoms with Crippen molar-refractivity contribution in [2.75, 3.05) is 110 Å². The second-order valence-electron chi connectivity index (χ2n) is 9.83. The first-order valence-corrected chi connectivity index (χ1v) is 24.3. The Hall–Kier alpha value is 0.818. The highest BCUT2D eigenvalue weighted by molar-refractivity contribution is 7.75. The third-order valence-electron chi connectivity index (χ3n) is 8.19. The third-order valence-corrected chi connectivity index (χ3v) is 24.6. The molecule has 0 atom stereocenters. The zero-order valence-corrected chi connectivity index (χ0v) is 32.7. The minimum atomic E-state index is -2.69. The van der Waals surface area contributed by atoms with Crippen molar-refractivity contribution in [1.82, 2.24) is 0 Å². The van der Waals surface area contributed by atoms with E-state index in [1.54, 1.807) is 85.3 Å². The van der Waals surface area contributed by atoms with Crippen LogP contribution in [-0.2, 0) is 53.1 Å². The van der Waals surface area contributed by atoms with Crippen molar-refractivity contribution in [1.29, 1.82) is 0 Å². The van der Waals surface area contributed by atoms with Crippen LogP contribution in [0.5, 0.6) is 0 Å². The van der Waals surface area contributed by atoms with Crippen molar-refractivity contribution in [3.8, 4) is 0 Å². The van der Waals surface area contributed by atoms with Crippen LogP contribution in [0, 0.1) is 0 Å². The van der Waals surface area contributed by atoms with Gasteiger partial charge in [-0.25, -0.2) is 0 Å². The van der Waals surface area contributed by atoms with E-state index in [1.807, 2.05) is 0 Å². The van der Waals surface area contributed by atoms with Gasteiger partial charge in [-0.2, -0.15) is 0 Å². The van der Waals surface area contributed by atoms with Gasteiger partial charge in [0.15, 0.2) is 0 Å². The minimum Gasteiger partial charge on any atom is -0.377 e. The Labute approximate surface area is 255 Å². The first-order valence-electron chi connectivity index (χ1n) is 14.0. The van der Waals surface area contributed by atoms with E-state index in [2.05, 4.69) is 0 Å². The Morgan fingerprint density at radius 2 is 0.439 bits per heavy atom. The molecule has 248 valence electrons. The Morgan fingerprint density at radius 1 is 0.293 bits per heavy atom. The van der Waals surface area contributed by atoms with E-state index in [0.717, 1.165) is 74.5 Å². The van der Waals surface area contributed by atoms with E-state index in [4.69, 9.17) is 53.1 Å². The standard InChI is InChI=1S/C24H60O12PSi4/c1-25-38(26-2,27-3)21-13-17-37(18-14-22-39(28-4,29-5)30-6,19-15-23-40(31-7,32-8)33-9)20-16-24-41(34-10,35-11)36-12/h13-24H2,1-12H3/q+1. The van der Waals surface area contributed by atoms with Crippen molar-refractivity contribution >= 4 is 42.5 Å². The SMILES string of the molecule is CO[Si](CCC[P+](CCC[Si](OC)(OC)OC)(CCC[Si](OC)(OC)OC)CCC[Si](OC)(OC)OC)(OC)OC. The molecule has 0 aromatic heterocycles. The summed E-state index contributed by atoms with van der Waals surface area (Å²) in [6, 6.07) is 3.02. The smallest absolute Gasteiger partial charge is 0.377 e. The summed E-state index contributed by atoms with van der Waals surface area (Å²) in [6.07, 6.45) is 8.06. The molecule has 0 radical (unpaired) electrons. The first-order chi connectivity index (χ1) is 19.6. The Bertz CT molecular complexity index is 512. The summed E-state index contributed by atoms with van der Waals surface area (Å²) in [5, 5.41) is 0.